The molecule has 3 rings (SSSR count). The second kappa shape index (κ2) is 6.51. The molecule has 0 heterocycles. The van der Waals surface area contributed by atoms with Crippen molar-refractivity contribution in [2.75, 3.05) is 0 Å². The number of hydrogen-bond donors (Lipinski definition) is 0. The first-order valence-electron chi connectivity index (χ1n) is 8.38. The zero-order valence-electron chi connectivity index (χ0n) is 13.5. The van der Waals surface area contributed by atoms with Crippen LogP contribution in [0.2, 0.25) is 0 Å². The lowest BCUT2D eigenvalue weighted by molar-refractivity contribution is -0.131. The molecular weight excluding hydrogens is 272 g/mol. The Morgan fingerprint density at radius 3 is 2.41 bits per heavy atom. The highest BCUT2D eigenvalue weighted by Crippen LogP contribution is 2.38. The van der Waals surface area contributed by atoms with E-state index in [1.54, 1.807) is 0 Å². The van der Waals surface area contributed by atoms with E-state index in [9.17, 15) is 4.79 Å². The van der Waals surface area contributed by atoms with Gasteiger partial charge >= 0.3 is 5.97 Å². The number of benzene rings is 2. The topological polar surface area (TPSA) is 26.3 Å². The van der Waals surface area contributed by atoms with Crippen molar-refractivity contribution < 1.29 is 9.53 Å². The Morgan fingerprint density at radius 1 is 1.05 bits per heavy atom. The number of fused-ring (bicyclic) bond motifs is 1. The van der Waals surface area contributed by atoms with Crippen LogP contribution in [0.15, 0.2) is 36.4 Å². The molecule has 0 atom stereocenters. The van der Waals surface area contributed by atoms with Crippen LogP contribution in [0.4, 0.5) is 0 Å². The molecule has 116 valence electrons. The molecule has 0 radical (unpaired) electrons. The van der Waals surface area contributed by atoms with E-state index in [0.717, 1.165) is 11.3 Å². The summed E-state index contributed by atoms with van der Waals surface area (Å²) in [6.07, 6.45) is 6.68. The van der Waals surface area contributed by atoms with Crippen LogP contribution in [0.1, 0.15) is 57.4 Å². The Kier molecular flexibility index (Phi) is 4.47. The zero-order chi connectivity index (χ0) is 15.5. The Hall–Kier alpha value is -1.83. The third kappa shape index (κ3) is 3.32. The molecule has 0 aromatic heterocycles. The molecule has 0 N–H and O–H groups in total. The zero-order valence-corrected chi connectivity index (χ0v) is 13.5. The van der Waals surface area contributed by atoms with E-state index >= 15 is 0 Å². The molecule has 0 unspecified atom stereocenters. The largest absolute Gasteiger partial charge is 0.427 e. The third-order valence-corrected chi connectivity index (χ3v) is 4.99. The monoisotopic (exact) mass is 296 g/mol. The standard InChI is InChI=1S/C20H24O2/c1-3-15-4-6-16(7-5-15)17-8-9-19-13-20(22-14(2)21)11-10-18(19)12-17/h8-13,15-16H,3-7H2,1-2H3/t15-,16-. The Bertz CT molecular complexity index is 666. The average molecular weight is 296 g/mol. The number of ether oxygens (including phenoxy) is 1. The highest BCUT2D eigenvalue weighted by Gasteiger charge is 2.21. The molecule has 1 saturated carbocycles. The molecule has 0 saturated heterocycles. The van der Waals surface area contributed by atoms with Crippen molar-refractivity contribution in [3.05, 3.63) is 42.0 Å². The number of carbonyl (C=O) groups excluding carboxylic acids is 1. The predicted octanol–water partition coefficient (Wildman–Crippen LogP) is 5.45. The van der Waals surface area contributed by atoms with E-state index < -0.39 is 0 Å². The lowest BCUT2D eigenvalue weighted by atomic mass is 9.77. The molecule has 1 fully saturated rings. The van der Waals surface area contributed by atoms with Gasteiger partial charge in [0, 0.05) is 6.92 Å². The summed E-state index contributed by atoms with van der Waals surface area (Å²) in [5.41, 5.74) is 1.46. The molecule has 2 heteroatoms. The number of rotatable bonds is 3. The maximum Gasteiger partial charge on any atom is 0.308 e. The van der Waals surface area contributed by atoms with Gasteiger partial charge in [0.05, 0.1) is 0 Å². The maximum absolute atomic E-state index is 11.0. The fraction of sp³-hybridized carbons (Fsp3) is 0.450. The van der Waals surface area contributed by atoms with Crippen LogP contribution in [-0.2, 0) is 4.79 Å². The summed E-state index contributed by atoms with van der Waals surface area (Å²) >= 11 is 0. The van der Waals surface area contributed by atoms with Gasteiger partial charge in [0.1, 0.15) is 5.75 Å². The minimum Gasteiger partial charge on any atom is -0.427 e. The number of hydrogen-bond acceptors (Lipinski definition) is 2. The molecule has 2 nitrogen and oxygen atoms in total. The first-order chi connectivity index (χ1) is 10.7. The van der Waals surface area contributed by atoms with Crippen LogP contribution in [0.5, 0.6) is 5.75 Å². The van der Waals surface area contributed by atoms with Crippen molar-refractivity contribution in [3.63, 3.8) is 0 Å². The SMILES string of the molecule is CC[C@H]1CC[C@H](c2ccc3cc(OC(C)=O)ccc3c2)CC1. The lowest BCUT2D eigenvalue weighted by Gasteiger charge is -2.28. The summed E-state index contributed by atoms with van der Waals surface area (Å²) in [7, 11) is 0. The van der Waals surface area contributed by atoms with Gasteiger partial charge in [-0.2, -0.15) is 0 Å². The first-order valence-corrected chi connectivity index (χ1v) is 8.38. The number of esters is 1. The second-order valence-electron chi connectivity index (χ2n) is 6.49. The highest BCUT2D eigenvalue weighted by molar-refractivity contribution is 5.85. The van der Waals surface area contributed by atoms with Gasteiger partial charge in [-0.25, -0.2) is 0 Å². The summed E-state index contributed by atoms with van der Waals surface area (Å²) in [5.74, 6) is 1.99. The third-order valence-electron chi connectivity index (χ3n) is 4.99. The van der Waals surface area contributed by atoms with E-state index in [4.69, 9.17) is 4.74 Å². The van der Waals surface area contributed by atoms with Gasteiger partial charge in [0.25, 0.3) is 0 Å². The van der Waals surface area contributed by atoms with Crippen molar-refractivity contribution in [2.24, 2.45) is 5.92 Å². The smallest absolute Gasteiger partial charge is 0.308 e. The van der Waals surface area contributed by atoms with E-state index in [0.29, 0.717) is 11.7 Å². The van der Waals surface area contributed by atoms with Crippen LogP contribution in [0.3, 0.4) is 0 Å². The molecule has 2 aromatic rings. The Morgan fingerprint density at radius 2 is 1.73 bits per heavy atom. The van der Waals surface area contributed by atoms with Crippen molar-refractivity contribution in [3.8, 4) is 5.75 Å². The summed E-state index contributed by atoms with van der Waals surface area (Å²) in [6, 6.07) is 12.6. The summed E-state index contributed by atoms with van der Waals surface area (Å²) in [6.45, 7) is 3.74. The van der Waals surface area contributed by atoms with Crippen molar-refractivity contribution in [1.82, 2.24) is 0 Å². The minimum atomic E-state index is -0.274. The molecule has 0 bridgehead atoms. The molecule has 0 aliphatic heterocycles. The number of carbonyl (C=O) groups is 1. The normalized spacial score (nSPS) is 21.7. The summed E-state index contributed by atoms with van der Waals surface area (Å²) in [4.78, 5) is 11.0. The molecule has 22 heavy (non-hydrogen) atoms. The fourth-order valence-electron chi connectivity index (χ4n) is 3.63. The van der Waals surface area contributed by atoms with E-state index in [1.165, 1.54) is 50.0 Å². The first kappa shape index (κ1) is 15.1. The van der Waals surface area contributed by atoms with Crippen LogP contribution >= 0.6 is 0 Å². The predicted molar refractivity (Wildman–Crippen MR) is 90.2 cm³/mol. The maximum atomic E-state index is 11.0. The molecule has 0 amide bonds. The highest BCUT2D eigenvalue weighted by atomic mass is 16.5. The van der Waals surface area contributed by atoms with Crippen molar-refractivity contribution >= 4 is 16.7 Å². The van der Waals surface area contributed by atoms with Gasteiger partial charge < -0.3 is 4.74 Å². The average Bonchev–Trinajstić information content (AvgIpc) is 2.54. The van der Waals surface area contributed by atoms with Crippen LogP contribution in [0.25, 0.3) is 10.8 Å². The molecule has 0 spiro atoms. The van der Waals surface area contributed by atoms with Gasteiger partial charge in [-0.05, 0) is 66.0 Å². The van der Waals surface area contributed by atoms with Crippen LogP contribution in [0, 0.1) is 5.92 Å². The molecular formula is C20H24O2. The van der Waals surface area contributed by atoms with Crippen LogP contribution in [-0.4, -0.2) is 5.97 Å². The van der Waals surface area contributed by atoms with E-state index in [1.807, 2.05) is 12.1 Å². The Balaban J connectivity index is 1.80. The Labute approximate surface area is 132 Å². The van der Waals surface area contributed by atoms with Gasteiger partial charge in [0.15, 0.2) is 0 Å². The van der Waals surface area contributed by atoms with Crippen molar-refractivity contribution in [2.45, 2.75) is 51.9 Å². The summed E-state index contributed by atoms with van der Waals surface area (Å²) in [5, 5.41) is 2.36. The van der Waals surface area contributed by atoms with Gasteiger partial charge in [0.2, 0.25) is 0 Å². The quantitative estimate of drug-likeness (QED) is 0.556. The second-order valence-corrected chi connectivity index (χ2v) is 6.49. The lowest BCUT2D eigenvalue weighted by Crippen LogP contribution is -2.12. The molecule has 1 aliphatic rings. The molecule has 2 aromatic carbocycles. The van der Waals surface area contributed by atoms with Gasteiger partial charge in [-0.1, -0.05) is 37.6 Å². The van der Waals surface area contributed by atoms with Crippen LogP contribution < -0.4 is 4.74 Å². The van der Waals surface area contributed by atoms with E-state index in [2.05, 4.69) is 31.2 Å². The van der Waals surface area contributed by atoms with Crippen molar-refractivity contribution in [1.29, 1.82) is 0 Å². The fourth-order valence-corrected chi connectivity index (χ4v) is 3.63. The van der Waals surface area contributed by atoms with Gasteiger partial charge in [-0.15, -0.1) is 0 Å². The van der Waals surface area contributed by atoms with Gasteiger partial charge in [-0.3, -0.25) is 4.79 Å². The van der Waals surface area contributed by atoms with E-state index in [-0.39, 0.29) is 5.97 Å². The summed E-state index contributed by atoms with van der Waals surface area (Å²) < 4.78 is 5.15. The minimum absolute atomic E-state index is 0.274. The molecule has 1 aliphatic carbocycles.